The van der Waals surface area contributed by atoms with Gasteiger partial charge in [0.15, 0.2) is 0 Å². The van der Waals surface area contributed by atoms with Gasteiger partial charge in [0.25, 0.3) is 11.6 Å². The van der Waals surface area contributed by atoms with E-state index in [1.54, 1.807) is 26.0 Å². The fraction of sp³-hybridized carbons (Fsp3) is 0.231. The Labute approximate surface area is 115 Å². The molecule has 0 aliphatic rings. The number of H-pyrrole nitrogens is 1. The predicted octanol–water partition coefficient (Wildman–Crippen LogP) is 2.12. The molecule has 0 aliphatic carbocycles. The lowest BCUT2D eigenvalue weighted by Gasteiger charge is -2.13. The third-order valence-electron chi connectivity index (χ3n) is 3.00. The highest BCUT2D eigenvalue weighted by molar-refractivity contribution is 5.95. The summed E-state index contributed by atoms with van der Waals surface area (Å²) in [6, 6.07) is 5.86. The molecule has 1 amide bonds. The first-order valence-corrected chi connectivity index (χ1v) is 6.04. The van der Waals surface area contributed by atoms with Crippen molar-refractivity contribution in [2.24, 2.45) is 0 Å². The Bertz CT molecular complexity index is 651. The number of hydrogen-bond donors (Lipinski definition) is 2. The highest BCUT2D eigenvalue weighted by atomic mass is 16.6. The standard InChI is InChI=1S/C13H14N4O3/c1-8(10-4-3-5-11(6-10)17(19)20)15-13(18)12-7-14-16-9(12)2/h3-8H,1-2H3,(H,14,16)(H,15,18). The summed E-state index contributed by atoms with van der Waals surface area (Å²) in [4.78, 5) is 22.3. The normalized spacial score (nSPS) is 11.9. The van der Waals surface area contributed by atoms with Crippen LogP contribution in [0.5, 0.6) is 0 Å². The Morgan fingerprint density at radius 1 is 1.50 bits per heavy atom. The van der Waals surface area contributed by atoms with Crippen LogP contribution in [-0.4, -0.2) is 21.0 Å². The molecule has 7 nitrogen and oxygen atoms in total. The number of amides is 1. The lowest BCUT2D eigenvalue weighted by atomic mass is 10.1. The van der Waals surface area contributed by atoms with Crippen LogP contribution in [0.25, 0.3) is 0 Å². The summed E-state index contributed by atoms with van der Waals surface area (Å²) in [5, 5.41) is 20.0. The van der Waals surface area contributed by atoms with Gasteiger partial charge in [0.1, 0.15) is 0 Å². The molecule has 1 heterocycles. The number of carbonyl (C=O) groups excluding carboxylic acids is 1. The summed E-state index contributed by atoms with van der Waals surface area (Å²) in [6.07, 6.45) is 1.45. The van der Waals surface area contributed by atoms with Crippen molar-refractivity contribution in [2.45, 2.75) is 19.9 Å². The fourth-order valence-electron chi connectivity index (χ4n) is 1.85. The lowest BCUT2D eigenvalue weighted by Crippen LogP contribution is -2.26. The minimum Gasteiger partial charge on any atom is -0.345 e. The number of non-ortho nitro benzene ring substituents is 1. The minimum absolute atomic E-state index is 0.00286. The first-order valence-electron chi connectivity index (χ1n) is 6.04. The van der Waals surface area contributed by atoms with Crippen LogP contribution in [0.15, 0.2) is 30.5 Å². The first-order chi connectivity index (χ1) is 9.49. The van der Waals surface area contributed by atoms with Crippen LogP contribution in [0.3, 0.4) is 0 Å². The van der Waals surface area contributed by atoms with E-state index in [2.05, 4.69) is 15.5 Å². The van der Waals surface area contributed by atoms with Gasteiger partial charge < -0.3 is 5.32 Å². The van der Waals surface area contributed by atoms with Crippen LogP contribution in [0.2, 0.25) is 0 Å². The van der Waals surface area contributed by atoms with E-state index in [9.17, 15) is 14.9 Å². The topological polar surface area (TPSA) is 101 Å². The molecular weight excluding hydrogens is 260 g/mol. The van der Waals surface area contributed by atoms with Gasteiger partial charge in [-0.25, -0.2) is 0 Å². The second kappa shape index (κ2) is 5.52. The second-order valence-electron chi connectivity index (χ2n) is 4.46. The summed E-state index contributed by atoms with van der Waals surface area (Å²) in [5.74, 6) is -0.268. The van der Waals surface area contributed by atoms with E-state index in [4.69, 9.17) is 0 Å². The van der Waals surface area contributed by atoms with Crippen molar-refractivity contribution < 1.29 is 9.72 Å². The van der Waals surface area contributed by atoms with E-state index >= 15 is 0 Å². The number of nitro groups is 1. The molecule has 1 atom stereocenters. The average Bonchev–Trinajstić information content (AvgIpc) is 2.85. The third kappa shape index (κ3) is 2.82. The van der Waals surface area contributed by atoms with Crippen LogP contribution in [0, 0.1) is 17.0 Å². The fourth-order valence-corrected chi connectivity index (χ4v) is 1.85. The van der Waals surface area contributed by atoms with Crippen molar-refractivity contribution in [2.75, 3.05) is 0 Å². The number of hydrogen-bond acceptors (Lipinski definition) is 4. The molecule has 0 radical (unpaired) electrons. The van der Waals surface area contributed by atoms with Crippen molar-refractivity contribution in [1.29, 1.82) is 0 Å². The number of carbonyl (C=O) groups is 1. The summed E-state index contributed by atoms with van der Waals surface area (Å²) in [6.45, 7) is 3.52. The van der Waals surface area contributed by atoms with Gasteiger partial charge in [-0.3, -0.25) is 20.0 Å². The highest BCUT2D eigenvalue weighted by Crippen LogP contribution is 2.19. The van der Waals surface area contributed by atoms with Gasteiger partial charge in [0, 0.05) is 17.8 Å². The molecule has 2 rings (SSSR count). The highest BCUT2D eigenvalue weighted by Gasteiger charge is 2.16. The van der Waals surface area contributed by atoms with Crippen molar-refractivity contribution in [3.8, 4) is 0 Å². The van der Waals surface area contributed by atoms with Crippen molar-refractivity contribution in [3.05, 3.63) is 57.4 Å². The van der Waals surface area contributed by atoms with Gasteiger partial charge >= 0.3 is 0 Å². The predicted molar refractivity (Wildman–Crippen MR) is 72.3 cm³/mol. The summed E-state index contributed by atoms with van der Waals surface area (Å²) in [5.41, 5.74) is 1.81. The van der Waals surface area contributed by atoms with Gasteiger partial charge in [-0.2, -0.15) is 5.10 Å². The zero-order chi connectivity index (χ0) is 14.7. The van der Waals surface area contributed by atoms with Crippen molar-refractivity contribution >= 4 is 11.6 Å². The summed E-state index contributed by atoms with van der Waals surface area (Å²) in [7, 11) is 0. The number of aryl methyl sites for hydroxylation is 1. The zero-order valence-electron chi connectivity index (χ0n) is 11.1. The van der Waals surface area contributed by atoms with Gasteiger partial charge in [0.05, 0.1) is 22.7 Å². The molecule has 0 spiro atoms. The molecule has 0 aliphatic heterocycles. The molecule has 2 N–H and O–H groups in total. The second-order valence-corrected chi connectivity index (χ2v) is 4.46. The van der Waals surface area contributed by atoms with Crippen LogP contribution in [-0.2, 0) is 0 Å². The third-order valence-corrected chi connectivity index (χ3v) is 3.00. The van der Waals surface area contributed by atoms with Crippen LogP contribution in [0.1, 0.15) is 34.6 Å². The zero-order valence-corrected chi connectivity index (χ0v) is 11.1. The molecule has 1 unspecified atom stereocenters. The smallest absolute Gasteiger partial charge is 0.269 e. The largest absolute Gasteiger partial charge is 0.345 e. The van der Waals surface area contributed by atoms with Gasteiger partial charge in [-0.05, 0) is 19.4 Å². The Kier molecular flexibility index (Phi) is 3.79. The van der Waals surface area contributed by atoms with E-state index in [0.29, 0.717) is 16.8 Å². The average molecular weight is 274 g/mol. The van der Waals surface area contributed by atoms with E-state index in [1.165, 1.54) is 18.3 Å². The number of benzene rings is 1. The molecular formula is C13H14N4O3. The molecule has 1 aromatic heterocycles. The maximum atomic E-state index is 12.0. The molecule has 0 saturated carbocycles. The minimum atomic E-state index is -0.460. The van der Waals surface area contributed by atoms with E-state index in [0.717, 1.165) is 0 Å². The van der Waals surface area contributed by atoms with Crippen molar-refractivity contribution in [3.63, 3.8) is 0 Å². The number of aromatic nitrogens is 2. The Balaban J connectivity index is 2.14. The molecule has 0 saturated heterocycles. The van der Waals surface area contributed by atoms with Crippen LogP contribution >= 0.6 is 0 Å². The molecule has 0 fully saturated rings. The van der Waals surface area contributed by atoms with E-state index in [1.807, 2.05) is 0 Å². The SMILES string of the molecule is Cc1[nH]ncc1C(=O)NC(C)c1cccc([N+](=O)[O-])c1. The number of nitro benzene ring substituents is 1. The number of nitrogens with one attached hydrogen (secondary N) is 2. The van der Waals surface area contributed by atoms with E-state index in [-0.39, 0.29) is 17.6 Å². The Hall–Kier alpha value is -2.70. The molecule has 7 heteroatoms. The van der Waals surface area contributed by atoms with E-state index < -0.39 is 4.92 Å². The summed E-state index contributed by atoms with van der Waals surface area (Å²) < 4.78 is 0. The Morgan fingerprint density at radius 3 is 2.85 bits per heavy atom. The molecule has 2 aromatic rings. The number of aromatic amines is 1. The van der Waals surface area contributed by atoms with Gasteiger partial charge in [-0.15, -0.1) is 0 Å². The molecule has 1 aromatic carbocycles. The maximum absolute atomic E-state index is 12.0. The van der Waals surface area contributed by atoms with Gasteiger partial charge in [-0.1, -0.05) is 12.1 Å². The number of nitrogens with zero attached hydrogens (tertiary/aromatic N) is 2. The summed E-state index contributed by atoms with van der Waals surface area (Å²) >= 11 is 0. The maximum Gasteiger partial charge on any atom is 0.269 e. The first kappa shape index (κ1) is 13.7. The monoisotopic (exact) mass is 274 g/mol. The Morgan fingerprint density at radius 2 is 2.25 bits per heavy atom. The van der Waals surface area contributed by atoms with Crippen LogP contribution in [0.4, 0.5) is 5.69 Å². The molecule has 20 heavy (non-hydrogen) atoms. The van der Waals surface area contributed by atoms with Crippen molar-refractivity contribution in [1.82, 2.24) is 15.5 Å². The molecule has 0 bridgehead atoms. The van der Waals surface area contributed by atoms with Gasteiger partial charge in [0.2, 0.25) is 0 Å². The molecule has 104 valence electrons. The van der Waals surface area contributed by atoms with Crippen LogP contribution < -0.4 is 5.32 Å². The number of rotatable bonds is 4. The lowest BCUT2D eigenvalue weighted by molar-refractivity contribution is -0.384. The quantitative estimate of drug-likeness (QED) is 0.658.